The summed E-state index contributed by atoms with van der Waals surface area (Å²) < 4.78 is 0. The van der Waals surface area contributed by atoms with Crippen LogP contribution in [0, 0.1) is 0 Å². The van der Waals surface area contributed by atoms with Crippen molar-refractivity contribution in [1.29, 1.82) is 0 Å². The molecule has 0 spiro atoms. The zero-order valence-electron chi connectivity index (χ0n) is 12.4. The van der Waals surface area contributed by atoms with E-state index >= 15 is 0 Å². The van der Waals surface area contributed by atoms with Crippen LogP contribution in [-0.2, 0) is 4.79 Å². The fourth-order valence-electron chi connectivity index (χ4n) is 2.26. The molecule has 110 valence electrons. The van der Waals surface area contributed by atoms with Gasteiger partial charge in [-0.1, -0.05) is 61.9 Å². The first kappa shape index (κ1) is 15.3. The largest absolute Gasteiger partial charge is 0.316 e. The molecule has 0 aliphatic heterocycles. The predicted octanol–water partition coefficient (Wildman–Crippen LogP) is 3.52. The Morgan fingerprint density at radius 2 is 1.62 bits per heavy atom. The Kier molecular flexibility index (Phi) is 5.52. The van der Waals surface area contributed by atoms with Crippen molar-refractivity contribution in [2.75, 3.05) is 11.4 Å². The molecule has 0 saturated carbocycles. The van der Waals surface area contributed by atoms with Gasteiger partial charge in [-0.2, -0.15) is 0 Å². The Balaban J connectivity index is 2.22. The predicted molar refractivity (Wildman–Crippen MR) is 87.1 cm³/mol. The lowest BCUT2D eigenvalue weighted by atomic mass is 10.1. The van der Waals surface area contributed by atoms with E-state index in [0.29, 0.717) is 6.54 Å². The van der Waals surface area contributed by atoms with Crippen LogP contribution < -0.4 is 10.6 Å². The number of nitrogens with two attached hydrogens (primary N) is 1. The highest BCUT2D eigenvalue weighted by atomic mass is 16.2. The summed E-state index contributed by atoms with van der Waals surface area (Å²) in [5.41, 5.74) is 7.91. The van der Waals surface area contributed by atoms with Gasteiger partial charge < -0.3 is 10.6 Å². The fraction of sp³-hybridized carbons (Fsp3) is 0.278. The summed E-state index contributed by atoms with van der Waals surface area (Å²) in [5.74, 6) is -0.0548. The number of hydrogen-bond donors (Lipinski definition) is 1. The molecule has 21 heavy (non-hydrogen) atoms. The van der Waals surface area contributed by atoms with Gasteiger partial charge in [0.2, 0.25) is 5.91 Å². The van der Waals surface area contributed by atoms with E-state index in [1.165, 1.54) is 0 Å². The summed E-state index contributed by atoms with van der Waals surface area (Å²) in [4.78, 5) is 14.5. The molecule has 2 aromatic carbocycles. The number of nitrogens with zero attached hydrogens (tertiary/aromatic N) is 1. The second-order valence-corrected chi connectivity index (χ2v) is 5.07. The first-order valence-electron chi connectivity index (χ1n) is 7.41. The van der Waals surface area contributed by atoms with E-state index in [4.69, 9.17) is 5.73 Å². The molecule has 0 unspecified atom stereocenters. The van der Waals surface area contributed by atoms with Crippen molar-refractivity contribution < 1.29 is 4.79 Å². The molecule has 1 amide bonds. The van der Waals surface area contributed by atoms with E-state index in [1.807, 2.05) is 60.7 Å². The summed E-state index contributed by atoms with van der Waals surface area (Å²) in [6.45, 7) is 2.81. The Hall–Kier alpha value is -2.13. The van der Waals surface area contributed by atoms with Crippen molar-refractivity contribution in [3.05, 3.63) is 66.2 Å². The number of benzene rings is 2. The molecule has 0 heterocycles. The zero-order chi connectivity index (χ0) is 15.1. The monoisotopic (exact) mass is 282 g/mol. The van der Waals surface area contributed by atoms with Gasteiger partial charge in [-0.05, 0) is 24.1 Å². The van der Waals surface area contributed by atoms with Gasteiger partial charge in [-0.15, -0.1) is 0 Å². The average Bonchev–Trinajstić information content (AvgIpc) is 2.56. The summed E-state index contributed by atoms with van der Waals surface area (Å²) >= 11 is 0. The van der Waals surface area contributed by atoms with Crippen LogP contribution in [0.5, 0.6) is 0 Å². The second kappa shape index (κ2) is 7.60. The van der Waals surface area contributed by atoms with Crippen LogP contribution in [0.25, 0.3) is 0 Å². The van der Waals surface area contributed by atoms with Crippen molar-refractivity contribution >= 4 is 11.6 Å². The smallest absolute Gasteiger partial charge is 0.248 e. The Bertz CT molecular complexity index is 554. The number of para-hydroxylation sites is 1. The van der Waals surface area contributed by atoms with Crippen molar-refractivity contribution in [1.82, 2.24) is 0 Å². The van der Waals surface area contributed by atoms with Crippen molar-refractivity contribution in [3.8, 4) is 0 Å². The summed E-state index contributed by atoms with van der Waals surface area (Å²) in [5, 5.41) is 0. The molecule has 0 bridgehead atoms. The molecule has 0 aromatic heterocycles. The number of carbonyl (C=O) groups excluding carboxylic acids is 1. The lowest BCUT2D eigenvalue weighted by Crippen LogP contribution is -2.39. The minimum absolute atomic E-state index is 0.0548. The number of anilines is 1. The van der Waals surface area contributed by atoms with Crippen LogP contribution in [0.15, 0.2) is 60.7 Å². The molecule has 2 N–H and O–H groups in total. The van der Waals surface area contributed by atoms with Crippen molar-refractivity contribution in [3.63, 3.8) is 0 Å². The first-order chi connectivity index (χ1) is 10.2. The lowest BCUT2D eigenvalue weighted by molar-refractivity contribution is -0.120. The Morgan fingerprint density at radius 1 is 1.05 bits per heavy atom. The number of hydrogen-bond acceptors (Lipinski definition) is 2. The first-order valence-corrected chi connectivity index (χ1v) is 7.41. The number of unbranched alkanes of at least 4 members (excludes halogenated alkanes) is 1. The zero-order valence-corrected chi connectivity index (χ0v) is 12.4. The Labute approximate surface area is 126 Å². The maximum atomic E-state index is 12.8. The number of carbonyl (C=O) groups is 1. The van der Waals surface area contributed by atoms with E-state index in [9.17, 15) is 4.79 Å². The average molecular weight is 282 g/mol. The fourth-order valence-corrected chi connectivity index (χ4v) is 2.26. The van der Waals surface area contributed by atoms with E-state index in [0.717, 1.165) is 24.1 Å². The molecule has 2 rings (SSSR count). The second-order valence-electron chi connectivity index (χ2n) is 5.07. The molecule has 0 fully saturated rings. The van der Waals surface area contributed by atoms with Crippen LogP contribution in [-0.4, -0.2) is 12.5 Å². The summed E-state index contributed by atoms with van der Waals surface area (Å²) in [6, 6.07) is 18.6. The van der Waals surface area contributed by atoms with Gasteiger partial charge in [0.25, 0.3) is 0 Å². The molecule has 2 aromatic rings. The highest BCUT2D eigenvalue weighted by Crippen LogP contribution is 2.20. The Morgan fingerprint density at radius 3 is 2.19 bits per heavy atom. The van der Waals surface area contributed by atoms with Crippen LogP contribution in [0.3, 0.4) is 0 Å². The van der Waals surface area contributed by atoms with Crippen molar-refractivity contribution in [2.45, 2.75) is 25.8 Å². The van der Waals surface area contributed by atoms with Crippen LogP contribution >= 0.6 is 0 Å². The van der Waals surface area contributed by atoms with Crippen molar-refractivity contribution in [2.24, 2.45) is 5.73 Å². The molecule has 0 aliphatic rings. The minimum Gasteiger partial charge on any atom is -0.316 e. The number of amides is 1. The quantitative estimate of drug-likeness (QED) is 0.881. The minimum atomic E-state index is -0.622. The topological polar surface area (TPSA) is 46.3 Å². The lowest BCUT2D eigenvalue weighted by Gasteiger charge is -2.26. The van der Waals surface area contributed by atoms with Gasteiger partial charge in [0.1, 0.15) is 6.04 Å². The highest BCUT2D eigenvalue weighted by molar-refractivity contribution is 5.97. The van der Waals surface area contributed by atoms with E-state index in [1.54, 1.807) is 4.90 Å². The van der Waals surface area contributed by atoms with Gasteiger partial charge in [-0.25, -0.2) is 0 Å². The molecule has 0 radical (unpaired) electrons. The van der Waals surface area contributed by atoms with Gasteiger partial charge in [-0.3, -0.25) is 4.79 Å². The highest BCUT2D eigenvalue weighted by Gasteiger charge is 2.23. The summed E-state index contributed by atoms with van der Waals surface area (Å²) in [6.07, 6.45) is 2.00. The normalized spacial score (nSPS) is 11.9. The molecule has 3 nitrogen and oxygen atoms in total. The van der Waals surface area contributed by atoms with Crippen LogP contribution in [0.2, 0.25) is 0 Å². The van der Waals surface area contributed by atoms with Crippen LogP contribution in [0.4, 0.5) is 5.69 Å². The molecule has 1 atom stereocenters. The van der Waals surface area contributed by atoms with E-state index in [-0.39, 0.29) is 5.91 Å². The van der Waals surface area contributed by atoms with Gasteiger partial charge in [0.15, 0.2) is 0 Å². The molecule has 0 saturated heterocycles. The molecule has 0 aliphatic carbocycles. The third-order valence-corrected chi connectivity index (χ3v) is 3.49. The third kappa shape index (κ3) is 3.92. The van der Waals surface area contributed by atoms with Gasteiger partial charge >= 0.3 is 0 Å². The van der Waals surface area contributed by atoms with E-state index in [2.05, 4.69) is 6.92 Å². The standard InChI is InChI=1S/C18H22N2O/c1-2-3-14-20(16-12-8-5-9-13-16)18(21)17(19)15-10-6-4-7-11-15/h4-13,17H,2-3,14,19H2,1H3/t17-/m0/s1. The molecular weight excluding hydrogens is 260 g/mol. The SMILES string of the molecule is CCCCN(C(=O)[C@@H](N)c1ccccc1)c1ccccc1. The maximum absolute atomic E-state index is 12.8. The van der Waals surface area contributed by atoms with Gasteiger partial charge in [0, 0.05) is 12.2 Å². The molecule has 3 heteroatoms. The van der Waals surface area contributed by atoms with Crippen LogP contribution in [0.1, 0.15) is 31.4 Å². The third-order valence-electron chi connectivity index (χ3n) is 3.49. The molecular formula is C18H22N2O. The maximum Gasteiger partial charge on any atom is 0.248 e. The van der Waals surface area contributed by atoms with E-state index < -0.39 is 6.04 Å². The van der Waals surface area contributed by atoms with Gasteiger partial charge in [0.05, 0.1) is 0 Å². The number of rotatable bonds is 6. The summed E-state index contributed by atoms with van der Waals surface area (Å²) in [7, 11) is 0.